The van der Waals surface area contributed by atoms with Crippen LogP contribution in [-0.4, -0.2) is 18.9 Å². The number of nitrogens with zero attached hydrogens (tertiary/aromatic N) is 1. The molecular weight excluding hydrogens is 230 g/mol. The molecule has 0 amide bonds. The number of nitriles is 1. The van der Waals surface area contributed by atoms with E-state index in [1.165, 1.54) is 7.11 Å². The number of unbranched alkanes of at least 4 members (excludes halogenated alkanes) is 1. The number of hydrogen-bond donors (Lipinski definition) is 0. The molecule has 1 rings (SSSR count). The summed E-state index contributed by atoms with van der Waals surface area (Å²) < 4.78 is 4.74. The number of carbonyl (C=O) groups is 2. The maximum absolute atomic E-state index is 12.1. The lowest BCUT2D eigenvalue weighted by Gasteiger charge is -2.24. The zero-order chi connectivity index (χ0) is 13.6. The highest BCUT2D eigenvalue weighted by Gasteiger charge is 2.55. The number of ether oxygens (including phenoxy) is 1. The van der Waals surface area contributed by atoms with E-state index in [0.29, 0.717) is 19.3 Å². The fourth-order valence-corrected chi connectivity index (χ4v) is 2.30. The minimum Gasteiger partial charge on any atom is -0.468 e. The highest BCUT2D eigenvalue weighted by molar-refractivity contribution is 6.09. The second-order valence-corrected chi connectivity index (χ2v) is 4.37. The Morgan fingerprint density at radius 1 is 1.61 bits per heavy atom. The Kier molecular flexibility index (Phi) is 4.92. The fraction of sp³-hybridized carbons (Fsp3) is 0.643. The molecule has 0 saturated heterocycles. The Morgan fingerprint density at radius 2 is 2.33 bits per heavy atom. The maximum Gasteiger partial charge on any atom is 0.332 e. The first-order valence-corrected chi connectivity index (χ1v) is 6.12. The molecule has 0 N–H and O–H groups in total. The summed E-state index contributed by atoms with van der Waals surface area (Å²) in [5, 5.41) is 8.81. The number of esters is 1. The van der Waals surface area contributed by atoms with Gasteiger partial charge in [-0.1, -0.05) is 12.8 Å². The van der Waals surface area contributed by atoms with Gasteiger partial charge in [0, 0.05) is 25.2 Å². The second kappa shape index (κ2) is 6.21. The largest absolute Gasteiger partial charge is 0.468 e. The van der Waals surface area contributed by atoms with Crippen LogP contribution in [0.5, 0.6) is 0 Å². The van der Waals surface area contributed by atoms with Crippen LogP contribution >= 0.6 is 0 Å². The van der Waals surface area contributed by atoms with Crippen molar-refractivity contribution in [3.8, 4) is 17.9 Å². The lowest BCUT2D eigenvalue weighted by molar-refractivity contribution is -0.154. The molecule has 4 heteroatoms. The molecule has 1 aliphatic carbocycles. The van der Waals surface area contributed by atoms with E-state index in [4.69, 9.17) is 10.00 Å². The van der Waals surface area contributed by atoms with Crippen LogP contribution in [0, 0.1) is 34.5 Å². The molecule has 96 valence electrons. The third-order valence-electron chi connectivity index (χ3n) is 3.28. The molecule has 0 spiro atoms. The van der Waals surface area contributed by atoms with Crippen molar-refractivity contribution in [2.75, 3.05) is 7.11 Å². The van der Waals surface area contributed by atoms with Crippen LogP contribution in [0.2, 0.25) is 0 Å². The Morgan fingerprint density at radius 3 is 2.89 bits per heavy atom. The monoisotopic (exact) mass is 247 g/mol. The Labute approximate surface area is 107 Å². The molecule has 0 bridgehead atoms. The average molecular weight is 247 g/mol. The molecule has 4 nitrogen and oxygen atoms in total. The van der Waals surface area contributed by atoms with Gasteiger partial charge in [0.15, 0.2) is 11.2 Å². The minimum absolute atomic E-state index is 0.154. The van der Waals surface area contributed by atoms with E-state index in [0.717, 1.165) is 6.42 Å². The standard InChI is InChI=1S/C14H17NO3/c1-3-4-5-9-14(13(17)18-2)11(8-10-15)6-7-12(14)16/h11H,3-4,6-8H2,1-2H3. The highest BCUT2D eigenvalue weighted by Crippen LogP contribution is 2.43. The zero-order valence-electron chi connectivity index (χ0n) is 10.8. The van der Waals surface area contributed by atoms with E-state index in [2.05, 4.69) is 11.8 Å². The molecule has 0 radical (unpaired) electrons. The van der Waals surface area contributed by atoms with Gasteiger partial charge in [0.05, 0.1) is 13.2 Å². The number of hydrogen-bond acceptors (Lipinski definition) is 4. The van der Waals surface area contributed by atoms with Crippen molar-refractivity contribution in [2.24, 2.45) is 11.3 Å². The molecule has 2 atom stereocenters. The molecule has 1 fully saturated rings. The zero-order valence-corrected chi connectivity index (χ0v) is 10.8. The predicted molar refractivity (Wildman–Crippen MR) is 65.1 cm³/mol. The molecule has 0 aromatic heterocycles. The maximum atomic E-state index is 12.1. The molecule has 2 unspecified atom stereocenters. The third kappa shape index (κ3) is 2.38. The average Bonchev–Trinajstić information content (AvgIpc) is 2.68. The van der Waals surface area contributed by atoms with E-state index < -0.39 is 11.4 Å². The van der Waals surface area contributed by atoms with E-state index in [1.54, 1.807) is 0 Å². The second-order valence-electron chi connectivity index (χ2n) is 4.37. The van der Waals surface area contributed by atoms with E-state index in [9.17, 15) is 9.59 Å². The quantitative estimate of drug-likeness (QED) is 0.433. The van der Waals surface area contributed by atoms with Gasteiger partial charge in [0.1, 0.15) is 0 Å². The molecule has 1 saturated carbocycles. The first-order valence-electron chi connectivity index (χ1n) is 6.12. The predicted octanol–water partition coefficient (Wildman–Crippen LogP) is 1.84. The normalized spacial score (nSPS) is 26.1. The van der Waals surface area contributed by atoms with Crippen molar-refractivity contribution in [3.05, 3.63) is 0 Å². The van der Waals surface area contributed by atoms with E-state index >= 15 is 0 Å². The molecule has 1 aliphatic rings. The highest BCUT2D eigenvalue weighted by atomic mass is 16.5. The van der Waals surface area contributed by atoms with Gasteiger partial charge >= 0.3 is 5.97 Å². The SMILES string of the molecule is CCCC#CC1(C(=O)OC)C(=O)CCC1CC#N. The van der Waals surface area contributed by atoms with Crippen LogP contribution in [0.1, 0.15) is 39.0 Å². The van der Waals surface area contributed by atoms with Crippen LogP contribution in [0.3, 0.4) is 0 Å². The van der Waals surface area contributed by atoms with Crippen molar-refractivity contribution >= 4 is 11.8 Å². The lowest BCUT2D eigenvalue weighted by Crippen LogP contribution is -2.40. The van der Waals surface area contributed by atoms with Gasteiger partial charge in [-0.3, -0.25) is 4.79 Å². The van der Waals surface area contributed by atoms with Crippen molar-refractivity contribution in [1.29, 1.82) is 5.26 Å². The molecule has 0 heterocycles. The van der Waals surface area contributed by atoms with Gasteiger partial charge in [-0.05, 0) is 12.8 Å². The topological polar surface area (TPSA) is 67.2 Å². The summed E-state index contributed by atoms with van der Waals surface area (Å²) in [7, 11) is 1.25. The molecule has 0 aromatic carbocycles. The first-order chi connectivity index (χ1) is 8.63. The third-order valence-corrected chi connectivity index (χ3v) is 3.28. The number of rotatable bonds is 3. The van der Waals surface area contributed by atoms with Crippen LogP contribution in [0.4, 0.5) is 0 Å². The smallest absolute Gasteiger partial charge is 0.332 e. The summed E-state index contributed by atoms with van der Waals surface area (Å²) in [5.74, 6) is 4.51. The van der Waals surface area contributed by atoms with Crippen molar-refractivity contribution in [3.63, 3.8) is 0 Å². The van der Waals surface area contributed by atoms with Crippen molar-refractivity contribution < 1.29 is 14.3 Å². The molecular formula is C14H17NO3. The summed E-state index contributed by atoms with van der Waals surface area (Å²) in [5.41, 5.74) is -1.40. The first kappa shape index (κ1) is 14.3. The number of ketones is 1. The van der Waals surface area contributed by atoms with Gasteiger partial charge in [-0.15, -0.1) is 5.92 Å². The van der Waals surface area contributed by atoms with E-state index in [1.807, 2.05) is 13.0 Å². The van der Waals surface area contributed by atoms with Crippen LogP contribution in [-0.2, 0) is 14.3 Å². The van der Waals surface area contributed by atoms with Gasteiger partial charge in [-0.25, -0.2) is 4.79 Å². The van der Waals surface area contributed by atoms with Gasteiger partial charge in [-0.2, -0.15) is 5.26 Å². The van der Waals surface area contributed by atoms with E-state index in [-0.39, 0.29) is 18.1 Å². The summed E-state index contributed by atoms with van der Waals surface area (Å²) in [6, 6.07) is 2.03. The minimum atomic E-state index is -1.40. The Bertz CT molecular complexity index is 438. The van der Waals surface area contributed by atoms with Crippen LogP contribution in [0.25, 0.3) is 0 Å². The van der Waals surface area contributed by atoms with Crippen molar-refractivity contribution in [1.82, 2.24) is 0 Å². The Hall–Kier alpha value is -1.81. The van der Waals surface area contributed by atoms with Gasteiger partial charge in [0.25, 0.3) is 0 Å². The number of Topliss-reactive ketones (excluding diaryl/α,β-unsaturated/α-hetero) is 1. The summed E-state index contributed by atoms with van der Waals surface area (Å²) >= 11 is 0. The van der Waals surface area contributed by atoms with Crippen molar-refractivity contribution in [2.45, 2.75) is 39.0 Å². The van der Waals surface area contributed by atoms with Crippen LogP contribution < -0.4 is 0 Å². The lowest BCUT2D eigenvalue weighted by atomic mass is 9.76. The summed E-state index contributed by atoms with van der Waals surface area (Å²) in [6.45, 7) is 1.97. The Balaban J connectivity index is 3.17. The number of methoxy groups -OCH3 is 1. The fourth-order valence-electron chi connectivity index (χ4n) is 2.30. The van der Waals surface area contributed by atoms with Gasteiger partial charge in [0.2, 0.25) is 0 Å². The molecule has 0 aromatic rings. The summed E-state index contributed by atoms with van der Waals surface area (Å²) in [6.07, 6.45) is 2.47. The van der Waals surface area contributed by atoms with Gasteiger partial charge < -0.3 is 4.74 Å². The summed E-state index contributed by atoms with van der Waals surface area (Å²) in [4.78, 5) is 24.0. The molecule has 18 heavy (non-hydrogen) atoms. The number of carbonyl (C=O) groups excluding carboxylic acids is 2. The molecule has 0 aliphatic heterocycles. The van der Waals surface area contributed by atoms with Crippen LogP contribution in [0.15, 0.2) is 0 Å².